The maximum atomic E-state index is 12.1. The summed E-state index contributed by atoms with van der Waals surface area (Å²) in [6.45, 7) is 0. The number of Topliss-reactive ketones (excluding diaryl/α,β-unsaturated/α-hetero) is 1. The number of phenols is 1. The van der Waals surface area contributed by atoms with Crippen molar-refractivity contribution in [3.63, 3.8) is 0 Å². The molecule has 0 saturated heterocycles. The molecule has 1 aliphatic rings. The van der Waals surface area contributed by atoms with E-state index in [4.69, 9.17) is 9.47 Å². The molecule has 0 spiro atoms. The molecule has 0 fully saturated rings. The molecule has 0 saturated carbocycles. The van der Waals surface area contributed by atoms with Gasteiger partial charge >= 0.3 is 0 Å². The first-order valence-corrected chi connectivity index (χ1v) is 6.09. The molecular weight excluding hydrogens is 256 g/mol. The lowest BCUT2D eigenvalue weighted by molar-refractivity contribution is 0.101. The first-order chi connectivity index (χ1) is 9.69. The Morgan fingerprint density at radius 3 is 2.75 bits per heavy atom. The highest BCUT2D eigenvalue weighted by atomic mass is 16.5. The van der Waals surface area contributed by atoms with Crippen LogP contribution in [0.25, 0.3) is 6.08 Å². The number of ketones is 1. The number of ether oxygens (including phenoxy) is 2. The average molecular weight is 268 g/mol. The van der Waals surface area contributed by atoms with Gasteiger partial charge in [0.05, 0.1) is 12.7 Å². The molecule has 3 rings (SSSR count). The van der Waals surface area contributed by atoms with E-state index in [0.717, 1.165) is 5.56 Å². The summed E-state index contributed by atoms with van der Waals surface area (Å²) < 4.78 is 10.6. The molecule has 0 aromatic heterocycles. The fraction of sp³-hybridized carbons (Fsp3) is 0.0625. The van der Waals surface area contributed by atoms with E-state index in [-0.39, 0.29) is 17.3 Å². The van der Waals surface area contributed by atoms with Gasteiger partial charge in [-0.15, -0.1) is 0 Å². The Kier molecular flexibility index (Phi) is 2.91. The number of methoxy groups -OCH3 is 1. The van der Waals surface area contributed by atoms with Crippen LogP contribution in [0.1, 0.15) is 15.9 Å². The third kappa shape index (κ3) is 2.01. The first kappa shape index (κ1) is 12.3. The standard InChI is InChI=1S/C16H12O4/c1-19-14-8-10(6-7-12(14)17)9-15-16(18)11-4-2-3-5-13(11)20-15/h2-9,17H,1H3/b15-9+. The minimum atomic E-state index is -0.146. The molecule has 2 aromatic carbocycles. The van der Waals surface area contributed by atoms with Crippen LogP contribution in [0.5, 0.6) is 17.2 Å². The van der Waals surface area contributed by atoms with Gasteiger partial charge in [0.25, 0.3) is 0 Å². The highest BCUT2D eigenvalue weighted by molar-refractivity contribution is 6.14. The zero-order valence-corrected chi connectivity index (χ0v) is 10.8. The van der Waals surface area contributed by atoms with Gasteiger partial charge in [-0.1, -0.05) is 18.2 Å². The van der Waals surface area contributed by atoms with Gasteiger partial charge in [-0.25, -0.2) is 0 Å². The number of rotatable bonds is 2. The van der Waals surface area contributed by atoms with E-state index in [1.165, 1.54) is 13.2 Å². The Morgan fingerprint density at radius 1 is 1.20 bits per heavy atom. The zero-order chi connectivity index (χ0) is 14.1. The number of benzene rings is 2. The first-order valence-electron chi connectivity index (χ1n) is 6.09. The fourth-order valence-corrected chi connectivity index (χ4v) is 2.07. The predicted molar refractivity (Wildman–Crippen MR) is 74.0 cm³/mol. The average Bonchev–Trinajstić information content (AvgIpc) is 2.78. The number of hydrogen-bond acceptors (Lipinski definition) is 4. The number of allylic oxidation sites excluding steroid dienone is 1. The smallest absolute Gasteiger partial charge is 0.231 e. The molecule has 0 radical (unpaired) electrons. The van der Waals surface area contributed by atoms with Crippen molar-refractivity contribution in [2.75, 3.05) is 7.11 Å². The second kappa shape index (κ2) is 4.74. The second-order valence-electron chi connectivity index (χ2n) is 4.37. The molecule has 0 atom stereocenters. The molecule has 0 aliphatic carbocycles. The van der Waals surface area contributed by atoms with E-state index >= 15 is 0 Å². The lowest BCUT2D eigenvalue weighted by Crippen LogP contribution is -1.98. The zero-order valence-electron chi connectivity index (χ0n) is 10.8. The maximum absolute atomic E-state index is 12.1. The van der Waals surface area contributed by atoms with Crippen LogP contribution in [-0.4, -0.2) is 18.0 Å². The number of carbonyl (C=O) groups is 1. The minimum Gasteiger partial charge on any atom is -0.504 e. The minimum absolute atomic E-state index is 0.0524. The Bertz CT molecular complexity index is 716. The van der Waals surface area contributed by atoms with Gasteiger partial charge in [-0.2, -0.15) is 0 Å². The molecule has 0 bridgehead atoms. The third-order valence-corrected chi connectivity index (χ3v) is 3.08. The molecule has 100 valence electrons. The van der Waals surface area contributed by atoms with E-state index in [0.29, 0.717) is 17.1 Å². The molecule has 0 amide bonds. The summed E-state index contributed by atoms with van der Waals surface area (Å²) in [4.78, 5) is 12.1. The highest BCUT2D eigenvalue weighted by Gasteiger charge is 2.26. The van der Waals surface area contributed by atoms with Gasteiger partial charge in [-0.05, 0) is 35.9 Å². The number of hydrogen-bond donors (Lipinski definition) is 1. The lowest BCUT2D eigenvalue weighted by Gasteiger charge is -2.04. The summed E-state index contributed by atoms with van der Waals surface area (Å²) in [5.41, 5.74) is 1.28. The van der Waals surface area contributed by atoms with Crippen LogP contribution in [0.4, 0.5) is 0 Å². The predicted octanol–water partition coefficient (Wildman–Crippen LogP) is 3.02. The van der Waals surface area contributed by atoms with Gasteiger partial charge in [0.2, 0.25) is 5.78 Å². The maximum Gasteiger partial charge on any atom is 0.231 e. The summed E-state index contributed by atoms with van der Waals surface area (Å²) in [6, 6.07) is 11.9. The molecule has 2 aromatic rings. The molecule has 4 heteroatoms. The van der Waals surface area contributed by atoms with Crippen molar-refractivity contribution in [2.45, 2.75) is 0 Å². The van der Waals surface area contributed by atoms with Crippen LogP contribution < -0.4 is 9.47 Å². The second-order valence-corrected chi connectivity index (χ2v) is 4.37. The third-order valence-electron chi connectivity index (χ3n) is 3.08. The monoisotopic (exact) mass is 268 g/mol. The topological polar surface area (TPSA) is 55.8 Å². The number of aromatic hydroxyl groups is 1. The highest BCUT2D eigenvalue weighted by Crippen LogP contribution is 2.32. The van der Waals surface area contributed by atoms with Crippen molar-refractivity contribution < 1.29 is 19.4 Å². The van der Waals surface area contributed by atoms with Crippen LogP contribution in [0.15, 0.2) is 48.2 Å². The van der Waals surface area contributed by atoms with E-state index in [1.54, 1.807) is 36.4 Å². The molecule has 0 unspecified atom stereocenters. The number of carbonyl (C=O) groups excluding carboxylic acids is 1. The number of para-hydroxylation sites is 1. The van der Waals surface area contributed by atoms with Crippen LogP contribution in [0.2, 0.25) is 0 Å². The SMILES string of the molecule is COc1cc(/C=C2/Oc3ccccc3C2=O)ccc1O. The van der Waals surface area contributed by atoms with Crippen LogP contribution in [0.3, 0.4) is 0 Å². The quantitative estimate of drug-likeness (QED) is 0.851. The van der Waals surface area contributed by atoms with Crippen molar-refractivity contribution in [1.29, 1.82) is 0 Å². The summed E-state index contributed by atoms with van der Waals surface area (Å²) in [7, 11) is 1.47. The van der Waals surface area contributed by atoms with E-state index in [1.807, 2.05) is 6.07 Å². The van der Waals surface area contributed by atoms with Crippen molar-refractivity contribution in [3.8, 4) is 17.2 Å². The molecule has 1 N–H and O–H groups in total. The summed E-state index contributed by atoms with van der Waals surface area (Å²) in [5.74, 6) is 1.08. The van der Waals surface area contributed by atoms with Crippen molar-refractivity contribution in [2.24, 2.45) is 0 Å². The van der Waals surface area contributed by atoms with Crippen molar-refractivity contribution >= 4 is 11.9 Å². The number of fused-ring (bicyclic) bond motifs is 1. The van der Waals surface area contributed by atoms with Crippen LogP contribution >= 0.6 is 0 Å². The van der Waals surface area contributed by atoms with Crippen molar-refractivity contribution in [3.05, 3.63) is 59.4 Å². The van der Waals surface area contributed by atoms with E-state index in [9.17, 15) is 9.90 Å². The number of phenolic OH excluding ortho intramolecular Hbond substituents is 1. The Morgan fingerprint density at radius 2 is 2.00 bits per heavy atom. The van der Waals surface area contributed by atoms with Gasteiger partial charge in [0, 0.05) is 0 Å². The van der Waals surface area contributed by atoms with Gasteiger partial charge in [0.1, 0.15) is 5.75 Å². The molecule has 1 aliphatic heterocycles. The Balaban J connectivity index is 1.97. The fourth-order valence-electron chi connectivity index (χ4n) is 2.07. The van der Waals surface area contributed by atoms with Gasteiger partial charge in [0.15, 0.2) is 17.3 Å². The van der Waals surface area contributed by atoms with E-state index < -0.39 is 0 Å². The molecule has 1 heterocycles. The van der Waals surface area contributed by atoms with Gasteiger partial charge < -0.3 is 14.6 Å². The van der Waals surface area contributed by atoms with Crippen LogP contribution in [-0.2, 0) is 0 Å². The molecule has 20 heavy (non-hydrogen) atoms. The van der Waals surface area contributed by atoms with Crippen molar-refractivity contribution in [1.82, 2.24) is 0 Å². The summed E-state index contributed by atoms with van der Waals surface area (Å²) >= 11 is 0. The largest absolute Gasteiger partial charge is 0.504 e. The summed E-state index contributed by atoms with van der Waals surface area (Å²) in [6.07, 6.45) is 1.63. The molecular formula is C16H12O4. The van der Waals surface area contributed by atoms with Crippen LogP contribution in [0, 0.1) is 0 Å². The van der Waals surface area contributed by atoms with E-state index in [2.05, 4.69) is 0 Å². The Hall–Kier alpha value is -2.75. The Labute approximate surface area is 115 Å². The normalized spacial score (nSPS) is 15.1. The van der Waals surface area contributed by atoms with Gasteiger partial charge in [-0.3, -0.25) is 4.79 Å². The summed E-state index contributed by atoms with van der Waals surface area (Å²) in [5, 5.41) is 9.55. The molecule has 4 nitrogen and oxygen atoms in total. The lowest BCUT2D eigenvalue weighted by atomic mass is 10.1.